The van der Waals surface area contributed by atoms with Crippen molar-refractivity contribution in [2.45, 2.75) is 40.2 Å². The molecule has 1 aliphatic carbocycles. The Balaban J connectivity index is 2.32. The summed E-state index contributed by atoms with van der Waals surface area (Å²) in [6.07, 6.45) is 1.94. The Kier molecular flexibility index (Phi) is 3.67. The lowest BCUT2D eigenvalue weighted by Crippen LogP contribution is -2.41. The summed E-state index contributed by atoms with van der Waals surface area (Å²) in [6, 6.07) is 0. The van der Waals surface area contributed by atoms with Crippen molar-refractivity contribution >= 4 is 11.5 Å². The van der Waals surface area contributed by atoms with Crippen LogP contribution >= 0.6 is 0 Å². The summed E-state index contributed by atoms with van der Waals surface area (Å²) in [5, 5.41) is 3.15. The quantitative estimate of drug-likeness (QED) is 0.843. The molecule has 112 valence electrons. The predicted molar refractivity (Wildman–Crippen MR) is 81.0 cm³/mol. The van der Waals surface area contributed by atoms with Crippen LogP contribution in [0.2, 0.25) is 0 Å². The van der Waals surface area contributed by atoms with Crippen LogP contribution < -0.4 is 22.3 Å². The molecule has 0 amide bonds. The first kappa shape index (κ1) is 14.7. The minimum atomic E-state index is -0.355. The zero-order valence-corrected chi connectivity index (χ0v) is 12.7. The molecule has 6 nitrogen and oxygen atoms in total. The van der Waals surface area contributed by atoms with Crippen molar-refractivity contribution in [1.82, 2.24) is 9.13 Å². The van der Waals surface area contributed by atoms with Crippen molar-refractivity contribution in [3.8, 4) is 0 Å². The van der Waals surface area contributed by atoms with Gasteiger partial charge in [-0.3, -0.25) is 13.9 Å². The molecular weight excluding hydrogens is 256 g/mol. The molecule has 1 fully saturated rings. The van der Waals surface area contributed by atoms with Crippen molar-refractivity contribution in [2.75, 3.05) is 17.6 Å². The Labute approximate surface area is 118 Å². The van der Waals surface area contributed by atoms with Crippen molar-refractivity contribution in [3.05, 3.63) is 20.8 Å². The maximum absolute atomic E-state index is 12.2. The Bertz CT molecular complexity index is 627. The van der Waals surface area contributed by atoms with E-state index in [1.54, 1.807) is 0 Å². The van der Waals surface area contributed by atoms with Crippen LogP contribution in [0.5, 0.6) is 0 Å². The molecule has 0 saturated heterocycles. The van der Waals surface area contributed by atoms with E-state index in [9.17, 15) is 9.59 Å². The second-order valence-electron chi connectivity index (χ2n) is 6.33. The van der Waals surface area contributed by atoms with E-state index in [-0.39, 0.29) is 17.1 Å². The first-order chi connectivity index (χ1) is 9.29. The van der Waals surface area contributed by atoms with Gasteiger partial charge in [0.25, 0.3) is 5.56 Å². The summed E-state index contributed by atoms with van der Waals surface area (Å²) >= 11 is 0. The van der Waals surface area contributed by atoms with Gasteiger partial charge in [0.1, 0.15) is 11.5 Å². The third-order valence-corrected chi connectivity index (χ3v) is 4.27. The highest BCUT2D eigenvalue weighted by molar-refractivity contribution is 5.60. The zero-order chi connectivity index (χ0) is 15.1. The van der Waals surface area contributed by atoms with Crippen molar-refractivity contribution in [2.24, 2.45) is 18.4 Å². The third kappa shape index (κ3) is 2.46. The molecule has 1 aromatic heterocycles. The van der Waals surface area contributed by atoms with Gasteiger partial charge >= 0.3 is 5.69 Å². The number of hydrogen-bond donors (Lipinski definition) is 2. The smallest absolute Gasteiger partial charge is 0.332 e. The summed E-state index contributed by atoms with van der Waals surface area (Å²) in [6.45, 7) is 7.62. The van der Waals surface area contributed by atoms with Crippen molar-refractivity contribution in [1.29, 1.82) is 0 Å². The van der Waals surface area contributed by atoms with Crippen LogP contribution in [0.15, 0.2) is 9.59 Å². The summed E-state index contributed by atoms with van der Waals surface area (Å²) in [5.74, 6) is 0.802. The normalized spacial score (nSPS) is 19.9. The van der Waals surface area contributed by atoms with E-state index in [0.717, 1.165) is 24.0 Å². The Hall–Kier alpha value is -1.72. The second kappa shape index (κ2) is 5.00. The van der Waals surface area contributed by atoms with E-state index < -0.39 is 0 Å². The Morgan fingerprint density at radius 3 is 2.50 bits per heavy atom. The van der Waals surface area contributed by atoms with E-state index >= 15 is 0 Å². The first-order valence-electron chi connectivity index (χ1n) is 7.12. The second-order valence-corrected chi connectivity index (χ2v) is 6.33. The molecule has 1 aliphatic rings. The fourth-order valence-electron chi connectivity index (χ4n) is 2.54. The lowest BCUT2D eigenvalue weighted by atomic mass is 10.1. The summed E-state index contributed by atoms with van der Waals surface area (Å²) in [5.41, 5.74) is 5.99. The number of anilines is 2. The average Bonchev–Trinajstić information content (AvgIpc) is 3.00. The summed E-state index contributed by atoms with van der Waals surface area (Å²) < 4.78 is 2.58. The first-order valence-corrected chi connectivity index (χ1v) is 7.12. The molecule has 6 heteroatoms. The molecule has 1 aromatic rings. The number of nitrogens with zero attached hydrogens (tertiary/aromatic N) is 2. The van der Waals surface area contributed by atoms with Crippen LogP contribution in [0.4, 0.5) is 11.5 Å². The van der Waals surface area contributed by atoms with E-state index in [2.05, 4.69) is 19.2 Å². The van der Waals surface area contributed by atoms with Gasteiger partial charge in [-0.2, -0.15) is 0 Å². The molecule has 0 aromatic carbocycles. The SMILES string of the molecule is CCCn1c(N)c(NCC2CC2(C)C)c(=O)n(C)c1=O. The largest absolute Gasteiger partial charge is 0.383 e. The zero-order valence-electron chi connectivity index (χ0n) is 12.7. The van der Waals surface area contributed by atoms with Crippen LogP contribution in [0, 0.1) is 11.3 Å². The van der Waals surface area contributed by atoms with Crippen molar-refractivity contribution in [3.63, 3.8) is 0 Å². The van der Waals surface area contributed by atoms with Gasteiger partial charge in [0.2, 0.25) is 0 Å². The van der Waals surface area contributed by atoms with Gasteiger partial charge in [0.15, 0.2) is 0 Å². The number of hydrogen-bond acceptors (Lipinski definition) is 4. The fraction of sp³-hybridized carbons (Fsp3) is 0.714. The maximum Gasteiger partial charge on any atom is 0.332 e. The van der Waals surface area contributed by atoms with Gasteiger partial charge in [0.05, 0.1) is 0 Å². The number of nitrogens with one attached hydrogen (secondary N) is 1. The molecule has 3 N–H and O–H groups in total. The van der Waals surface area contributed by atoms with Gasteiger partial charge in [0, 0.05) is 20.1 Å². The van der Waals surface area contributed by atoms with Crippen LogP contribution in [-0.2, 0) is 13.6 Å². The molecular formula is C14H24N4O2. The molecule has 0 radical (unpaired) electrons. The van der Waals surface area contributed by atoms with E-state index in [4.69, 9.17) is 5.73 Å². The molecule has 1 atom stereocenters. The standard InChI is InChI=1S/C14H24N4O2/c1-5-6-18-11(15)10(12(19)17(4)13(18)20)16-8-9-7-14(9,2)3/h9,16H,5-8,15H2,1-4H3. The van der Waals surface area contributed by atoms with Gasteiger partial charge in [-0.15, -0.1) is 0 Å². The number of nitrogen functional groups attached to an aromatic ring is 1. The van der Waals surface area contributed by atoms with E-state index in [1.165, 1.54) is 11.6 Å². The van der Waals surface area contributed by atoms with Crippen molar-refractivity contribution < 1.29 is 0 Å². The summed E-state index contributed by atoms with van der Waals surface area (Å²) in [7, 11) is 1.49. The highest BCUT2D eigenvalue weighted by Crippen LogP contribution is 2.51. The monoisotopic (exact) mass is 280 g/mol. The highest BCUT2D eigenvalue weighted by Gasteiger charge is 2.45. The molecule has 1 heterocycles. The molecule has 0 aliphatic heterocycles. The minimum absolute atomic E-state index is 0.249. The Morgan fingerprint density at radius 2 is 2.00 bits per heavy atom. The maximum atomic E-state index is 12.2. The van der Waals surface area contributed by atoms with Gasteiger partial charge < -0.3 is 11.1 Å². The lowest BCUT2D eigenvalue weighted by Gasteiger charge is -2.16. The molecule has 0 spiro atoms. The molecule has 0 bridgehead atoms. The average molecular weight is 280 g/mol. The molecule has 1 unspecified atom stereocenters. The number of nitrogens with two attached hydrogens (primary N) is 1. The number of rotatable bonds is 5. The minimum Gasteiger partial charge on any atom is -0.383 e. The van der Waals surface area contributed by atoms with Crippen LogP contribution in [-0.4, -0.2) is 15.7 Å². The number of aromatic nitrogens is 2. The summed E-state index contributed by atoms with van der Waals surface area (Å²) in [4.78, 5) is 24.2. The van der Waals surface area contributed by atoms with E-state index in [1.807, 2.05) is 6.92 Å². The van der Waals surface area contributed by atoms with Gasteiger partial charge in [-0.1, -0.05) is 20.8 Å². The van der Waals surface area contributed by atoms with Crippen LogP contribution in [0.25, 0.3) is 0 Å². The predicted octanol–water partition coefficient (Wildman–Crippen LogP) is 0.997. The highest BCUT2D eigenvalue weighted by atomic mass is 16.2. The lowest BCUT2D eigenvalue weighted by molar-refractivity contribution is 0.570. The molecule has 1 saturated carbocycles. The van der Waals surface area contributed by atoms with Crippen LogP contribution in [0.3, 0.4) is 0 Å². The van der Waals surface area contributed by atoms with E-state index in [0.29, 0.717) is 23.6 Å². The third-order valence-electron chi connectivity index (χ3n) is 4.27. The van der Waals surface area contributed by atoms with Crippen LogP contribution in [0.1, 0.15) is 33.6 Å². The van der Waals surface area contributed by atoms with Gasteiger partial charge in [-0.25, -0.2) is 4.79 Å². The fourth-order valence-corrected chi connectivity index (χ4v) is 2.54. The molecule has 2 rings (SSSR count). The Morgan fingerprint density at radius 1 is 1.40 bits per heavy atom. The topological polar surface area (TPSA) is 82.0 Å². The van der Waals surface area contributed by atoms with Gasteiger partial charge in [-0.05, 0) is 24.2 Å². The molecule has 20 heavy (non-hydrogen) atoms.